The fraction of sp³-hybridized carbons (Fsp3) is 0.0714. The van der Waals surface area contributed by atoms with Crippen LogP contribution in [0.25, 0.3) is 0 Å². The normalized spacial score (nSPS) is 11.3. The van der Waals surface area contributed by atoms with Crippen molar-refractivity contribution in [2.45, 2.75) is 5.67 Å². The Morgan fingerprint density at radius 1 is 0.842 bits per heavy atom. The van der Waals surface area contributed by atoms with E-state index in [-0.39, 0.29) is 11.1 Å². The fourth-order valence-electron chi connectivity index (χ4n) is 1.76. The molecule has 0 amide bonds. The number of carbonyl (C=O) groups is 1. The molecule has 0 bridgehead atoms. The lowest BCUT2D eigenvalue weighted by atomic mass is 9.88. The number of halogens is 3. The molecule has 98 valence electrons. The standard InChI is InChI=1S/C14H9F3O2/c15-11-5-1-9(2-6-11)14(17,13(18)19)10-3-7-12(16)8-4-10/h1-8H,(H,18,19)/p-1. The van der Waals surface area contributed by atoms with Crippen molar-refractivity contribution >= 4 is 5.97 Å². The maximum absolute atomic E-state index is 14.7. The summed E-state index contributed by atoms with van der Waals surface area (Å²) >= 11 is 0. The molecule has 0 unspecified atom stereocenters. The van der Waals surface area contributed by atoms with Crippen LogP contribution in [0.3, 0.4) is 0 Å². The van der Waals surface area contributed by atoms with Crippen LogP contribution in [0.5, 0.6) is 0 Å². The number of aliphatic carboxylic acids is 1. The molecule has 0 N–H and O–H groups in total. The smallest absolute Gasteiger partial charge is 0.200 e. The zero-order valence-electron chi connectivity index (χ0n) is 9.57. The molecule has 2 aromatic carbocycles. The van der Waals surface area contributed by atoms with Crippen molar-refractivity contribution in [2.75, 3.05) is 0 Å². The Morgan fingerprint density at radius 3 is 1.42 bits per heavy atom. The van der Waals surface area contributed by atoms with Crippen LogP contribution in [-0.2, 0) is 10.5 Å². The van der Waals surface area contributed by atoms with Crippen molar-refractivity contribution in [3.05, 3.63) is 71.3 Å². The van der Waals surface area contributed by atoms with E-state index in [1.807, 2.05) is 0 Å². The highest BCUT2D eigenvalue weighted by atomic mass is 19.1. The van der Waals surface area contributed by atoms with E-state index in [1.165, 1.54) is 0 Å². The quantitative estimate of drug-likeness (QED) is 0.850. The van der Waals surface area contributed by atoms with Crippen molar-refractivity contribution in [1.29, 1.82) is 0 Å². The van der Waals surface area contributed by atoms with Crippen molar-refractivity contribution in [3.63, 3.8) is 0 Å². The monoisotopic (exact) mass is 265 g/mol. The molecule has 0 aliphatic heterocycles. The van der Waals surface area contributed by atoms with E-state index in [1.54, 1.807) is 0 Å². The number of benzene rings is 2. The third-order valence-corrected chi connectivity index (χ3v) is 2.77. The fourth-order valence-corrected chi connectivity index (χ4v) is 1.76. The predicted molar refractivity (Wildman–Crippen MR) is 59.7 cm³/mol. The minimum atomic E-state index is -2.96. The minimum Gasteiger partial charge on any atom is -0.546 e. The molecule has 0 aliphatic rings. The van der Waals surface area contributed by atoms with Gasteiger partial charge in [-0.05, 0) is 35.4 Å². The molecular formula is C14H8F3O2-. The SMILES string of the molecule is O=C([O-])C(F)(c1ccc(F)cc1)c1ccc(F)cc1. The molecule has 0 radical (unpaired) electrons. The number of carboxylic acid groups (broad SMARTS) is 1. The summed E-state index contributed by atoms with van der Waals surface area (Å²) in [4.78, 5) is 11.1. The van der Waals surface area contributed by atoms with E-state index in [0.717, 1.165) is 48.5 Å². The maximum Gasteiger partial charge on any atom is 0.200 e. The Balaban J connectivity index is 2.57. The number of alkyl halides is 1. The second kappa shape index (κ2) is 4.76. The average molecular weight is 265 g/mol. The van der Waals surface area contributed by atoms with Gasteiger partial charge in [-0.1, -0.05) is 24.3 Å². The van der Waals surface area contributed by atoms with Crippen LogP contribution in [0.4, 0.5) is 13.2 Å². The van der Waals surface area contributed by atoms with Crippen LogP contribution < -0.4 is 5.11 Å². The first-order chi connectivity index (χ1) is 8.94. The molecule has 0 aromatic heterocycles. The van der Waals surface area contributed by atoms with Crippen LogP contribution in [0.1, 0.15) is 11.1 Å². The van der Waals surface area contributed by atoms with Crippen molar-refractivity contribution in [2.24, 2.45) is 0 Å². The highest BCUT2D eigenvalue weighted by Gasteiger charge is 2.36. The van der Waals surface area contributed by atoms with Gasteiger partial charge >= 0.3 is 0 Å². The van der Waals surface area contributed by atoms with Gasteiger partial charge in [0.25, 0.3) is 0 Å². The zero-order chi connectivity index (χ0) is 14.0. The van der Waals surface area contributed by atoms with Gasteiger partial charge in [0.05, 0.1) is 5.97 Å². The number of rotatable bonds is 3. The van der Waals surface area contributed by atoms with Gasteiger partial charge < -0.3 is 9.90 Å². The number of carboxylic acids is 1. The van der Waals surface area contributed by atoms with Gasteiger partial charge in [-0.15, -0.1) is 0 Å². The molecule has 0 aliphatic carbocycles. The highest BCUT2D eigenvalue weighted by molar-refractivity contribution is 5.82. The van der Waals surface area contributed by atoms with Gasteiger partial charge in [0.15, 0.2) is 5.67 Å². The number of hydrogen-bond acceptors (Lipinski definition) is 2. The summed E-state index contributed by atoms with van der Waals surface area (Å²) in [6.45, 7) is 0. The molecule has 0 saturated carbocycles. The highest BCUT2D eigenvalue weighted by Crippen LogP contribution is 2.33. The largest absolute Gasteiger partial charge is 0.546 e. The Labute approximate surface area is 107 Å². The summed E-state index contributed by atoms with van der Waals surface area (Å²) in [5.74, 6) is -3.24. The van der Waals surface area contributed by atoms with E-state index < -0.39 is 23.3 Å². The van der Waals surface area contributed by atoms with E-state index in [0.29, 0.717) is 0 Å². The van der Waals surface area contributed by atoms with Crippen molar-refractivity contribution in [1.82, 2.24) is 0 Å². The van der Waals surface area contributed by atoms with Gasteiger partial charge in [-0.25, -0.2) is 13.2 Å². The lowest BCUT2D eigenvalue weighted by molar-refractivity contribution is -0.318. The summed E-state index contributed by atoms with van der Waals surface area (Å²) in [5, 5.41) is 11.1. The Kier molecular flexibility index (Phi) is 3.29. The number of carbonyl (C=O) groups excluding carboxylic acids is 1. The van der Waals surface area contributed by atoms with Gasteiger partial charge in [0, 0.05) is 0 Å². The van der Waals surface area contributed by atoms with Crippen LogP contribution in [0.2, 0.25) is 0 Å². The summed E-state index contributed by atoms with van der Waals surface area (Å²) in [6, 6.07) is 7.80. The first-order valence-electron chi connectivity index (χ1n) is 5.37. The molecule has 19 heavy (non-hydrogen) atoms. The Morgan fingerprint density at radius 2 is 1.16 bits per heavy atom. The minimum absolute atomic E-state index is 0.291. The summed E-state index contributed by atoms with van der Waals surface area (Å²) < 4.78 is 40.3. The van der Waals surface area contributed by atoms with E-state index in [9.17, 15) is 23.1 Å². The molecule has 2 rings (SSSR count). The van der Waals surface area contributed by atoms with Gasteiger partial charge in [0.2, 0.25) is 0 Å². The Hall–Kier alpha value is -2.30. The predicted octanol–water partition coefficient (Wildman–Crippen LogP) is 1.93. The molecule has 2 aromatic rings. The second-order valence-electron chi connectivity index (χ2n) is 3.96. The molecule has 0 atom stereocenters. The van der Waals surface area contributed by atoms with E-state index in [2.05, 4.69) is 0 Å². The molecule has 0 saturated heterocycles. The topological polar surface area (TPSA) is 40.1 Å². The van der Waals surface area contributed by atoms with Crippen molar-refractivity contribution < 1.29 is 23.1 Å². The Bertz CT molecular complexity index is 546. The molecule has 5 heteroatoms. The lowest BCUT2D eigenvalue weighted by Gasteiger charge is -2.27. The molecule has 2 nitrogen and oxygen atoms in total. The maximum atomic E-state index is 14.7. The van der Waals surface area contributed by atoms with Gasteiger partial charge in [0.1, 0.15) is 11.6 Å². The third-order valence-electron chi connectivity index (χ3n) is 2.77. The first kappa shape index (κ1) is 13.1. The van der Waals surface area contributed by atoms with Crippen LogP contribution in [-0.4, -0.2) is 5.97 Å². The summed E-state index contributed by atoms with van der Waals surface area (Å²) in [6.07, 6.45) is 0. The second-order valence-corrected chi connectivity index (χ2v) is 3.96. The molecular weight excluding hydrogens is 257 g/mol. The van der Waals surface area contributed by atoms with Gasteiger partial charge in [-0.3, -0.25) is 0 Å². The summed E-state index contributed by atoms with van der Waals surface area (Å²) in [5.41, 5.74) is -3.54. The number of hydrogen-bond donors (Lipinski definition) is 0. The third kappa shape index (κ3) is 2.31. The van der Waals surface area contributed by atoms with Crippen LogP contribution >= 0.6 is 0 Å². The van der Waals surface area contributed by atoms with E-state index >= 15 is 0 Å². The van der Waals surface area contributed by atoms with E-state index in [4.69, 9.17) is 0 Å². The molecule has 0 spiro atoms. The zero-order valence-corrected chi connectivity index (χ0v) is 9.57. The molecule has 0 fully saturated rings. The van der Waals surface area contributed by atoms with Crippen LogP contribution in [0, 0.1) is 11.6 Å². The average Bonchev–Trinajstić information content (AvgIpc) is 2.39. The van der Waals surface area contributed by atoms with Gasteiger partial charge in [-0.2, -0.15) is 0 Å². The molecule has 0 heterocycles. The lowest BCUT2D eigenvalue weighted by Crippen LogP contribution is -2.43. The van der Waals surface area contributed by atoms with Crippen molar-refractivity contribution in [3.8, 4) is 0 Å². The van der Waals surface area contributed by atoms with Crippen LogP contribution in [0.15, 0.2) is 48.5 Å². The first-order valence-corrected chi connectivity index (χ1v) is 5.37. The summed E-state index contributed by atoms with van der Waals surface area (Å²) in [7, 11) is 0.